The number of hydrogen-bond acceptors (Lipinski definition) is 4. The predicted octanol–water partition coefficient (Wildman–Crippen LogP) is 5.22. The molecule has 5 nitrogen and oxygen atoms in total. The first-order valence-corrected chi connectivity index (χ1v) is 11.7. The van der Waals surface area contributed by atoms with E-state index in [0.29, 0.717) is 23.4 Å². The lowest BCUT2D eigenvalue weighted by Crippen LogP contribution is -2.31. The van der Waals surface area contributed by atoms with E-state index in [1.54, 1.807) is 42.6 Å². The smallest absolute Gasteiger partial charge is 0.383 e. The number of carbonyl (C=O) groups excluding carboxylic acids is 1. The maximum atomic E-state index is 13.9. The third-order valence-corrected chi connectivity index (χ3v) is 6.32. The van der Waals surface area contributed by atoms with Crippen LogP contribution in [0, 0.1) is 17.8 Å². The molecular formula is C28H27F3N4O. The molecule has 1 saturated heterocycles. The molecule has 8 heteroatoms. The summed E-state index contributed by atoms with van der Waals surface area (Å²) in [6.07, 6.45) is -0.820. The number of anilines is 2. The molecule has 0 aliphatic carbocycles. The zero-order valence-corrected chi connectivity index (χ0v) is 19.9. The van der Waals surface area contributed by atoms with E-state index in [9.17, 15) is 18.0 Å². The maximum Gasteiger partial charge on any atom is 0.416 e. The first-order chi connectivity index (χ1) is 17.2. The van der Waals surface area contributed by atoms with Gasteiger partial charge in [-0.25, -0.2) is 4.98 Å². The van der Waals surface area contributed by atoms with Crippen LogP contribution < -0.4 is 11.1 Å². The van der Waals surface area contributed by atoms with Gasteiger partial charge in [-0.2, -0.15) is 13.2 Å². The van der Waals surface area contributed by atoms with Gasteiger partial charge in [0, 0.05) is 23.0 Å². The lowest BCUT2D eigenvalue weighted by molar-refractivity contribution is -0.138. The molecule has 1 aliphatic heterocycles. The van der Waals surface area contributed by atoms with Crippen molar-refractivity contribution in [3.05, 3.63) is 88.6 Å². The van der Waals surface area contributed by atoms with E-state index < -0.39 is 17.6 Å². The van der Waals surface area contributed by atoms with Crippen LogP contribution in [0.1, 0.15) is 45.5 Å². The Morgan fingerprint density at radius 3 is 2.61 bits per heavy atom. The van der Waals surface area contributed by atoms with Gasteiger partial charge >= 0.3 is 6.18 Å². The summed E-state index contributed by atoms with van der Waals surface area (Å²) in [5.41, 5.74) is 6.87. The SMILES string of the molecule is CN1CCC(Cc2ccc(NC(=O)c3cccc(C#Cc4cccnc4N)c3)cc2C(F)(F)F)CC1. The molecule has 1 aromatic heterocycles. The Labute approximate surface area is 208 Å². The van der Waals surface area contributed by atoms with E-state index in [2.05, 4.69) is 27.0 Å². The van der Waals surface area contributed by atoms with Crippen molar-refractivity contribution in [2.45, 2.75) is 25.4 Å². The van der Waals surface area contributed by atoms with E-state index in [1.165, 1.54) is 12.1 Å². The van der Waals surface area contributed by atoms with Gasteiger partial charge in [0.1, 0.15) is 5.82 Å². The minimum absolute atomic E-state index is 0.0964. The van der Waals surface area contributed by atoms with Crippen molar-refractivity contribution in [2.75, 3.05) is 31.2 Å². The molecule has 4 rings (SSSR count). The second-order valence-corrected chi connectivity index (χ2v) is 9.04. The van der Waals surface area contributed by atoms with E-state index in [1.807, 2.05) is 7.05 Å². The number of likely N-dealkylation sites (tertiary alicyclic amines) is 1. The lowest BCUT2D eigenvalue weighted by atomic mass is 9.88. The fraction of sp³-hybridized carbons (Fsp3) is 0.286. The molecule has 0 bridgehead atoms. The third kappa shape index (κ3) is 6.43. The summed E-state index contributed by atoms with van der Waals surface area (Å²) in [7, 11) is 2.02. The van der Waals surface area contributed by atoms with Crippen molar-refractivity contribution in [3.63, 3.8) is 0 Å². The molecule has 3 N–H and O–H groups in total. The maximum absolute atomic E-state index is 13.9. The van der Waals surface area contributed by atoms with Crippen LogP contribution in [0.2, 0.25) is 0 Å². The second-order valence-electron chi connectivity index (χ2n) is 9.04. The van der Waals surface area contributed by atoms with Gasteiger partial charge in [-0.3, -0.25) is 4.79 Å². The molecule has 0 radical (unpaired) electrons. The molecule has 1 aliphatic rings. The summed E-state index contributed by atoms with van der Waals surface area (Å²) >= 11 is 0. The number of nitrogens with two attached hydrogens (primary N) is 1. The van der Waals surface area contributed by atoms with Crippen LogP contribution in [0.5, 0.6) is 0 Å². The Hall–Kier alpha value is -3.83. The summed E-state index contributed by atoms with van der Waals surface area (Å²) < 4.78 is 41.6. The first-order valence-electron chi connectivity index (χ1n) is 11.7. The molecule has 36 heavy (non-hydrogen) atoms. The van der Waals surface area contributed by atoms with Crippen LogP contribution in [0.4, 0.5) is 24.7 Å². The number of nitrogens with one attached hydrogen (secondary N) is 1. The van der Waals surface area contributed by atoms with Gasteiger partial charge < -0.3 is 16.0 Å². The molecule has 0 atom stereocenters. The van der Waals surface area contributed by atoms with E-state index in [4.69, 9.17) is 5.73 Å². The highest BCUT2D eigenvalue weighted by Crippen LogP contribution is 2.36. The van der Waals surface area contributed by atoms with Gasteiger partial charge in [-0.15, -0.1) is 0 Å². The van der Waals surface area contributed by atoms with Crippen LogP contribution in [0.3, 0.4) is 0 Å². The van der Waals surface area contributed by atoms with Crippen LogP contribution in [-0.4, -0.2) is 35.9 Å². The van der Waals surface area contributed by atoms with E-state index in [-0.39, 0.29) is 22.7 Å². The third-order valence-electron chi connectivity index (χ3n) is 6.32. The summed E-state index contributed by atoms with van der Waals surface area (Å²) in [6.45, 7) is 1.78. The van der Waals surface area contributed by atoms with Gasteiger partial charge in [0.2, 0.25) is 0 Å². The number of halogens is 3. The molecule has 1 amide bonds. The number of nitrogen functional groups attached to an aromatic ring is 1. The number of carbonyl (C=O) groups is 1. The highest BCUT2D eigenvalue weighted by molar-refractivity contribution is 6.04. The van der Waals surface area contributed by atoms with Crippen LogP contribution in [0.25, 0.3) is 0 Å². The number of pyridine rings is 1. The molecule has 3 aromatic rings. The van der Waals surface area contributed by atoms with Gasteiger partial charge in [0.25, 0.3) is 5.91 Å². The number of hydrogen-bond donors (Lipinski definition) is 2. The van der Waals surface area contributed by atoms with Crippen molar-refractivity contribution in [2.24, 2.45) is 5.92 Å². The number of rotatable bonds is 4. The largest absolute Gasteiger partial charge is 0.416 e. The first kappa shape index (κ1) is 25.3. The fourth-order valence-electron chi connectivity index (χ4n) is 4.28. The van der Waals surface area contributed by atoms with Crippen LogP contribution >= 0.6 is 0 Å². The van der Waals surface area contributed by atoms with Gasteiger partial charge in [-0.1, -0.05) is 24.0 Å². The fourth-order valence-corrected chi connectivity index (χ4v) is 4.28. The highest BCUT2D eigenvalue weighted by Gasteiger charge is 2.34. The van der Waals surface area contributed by atoms with Crippen molar-refractivity contribution < 1.29 is 18.0 Å². The molecule has 0 unspecified atom stereocenters. The molecule has 2 heterocycles. The molecule has 186 valence electrons. The number of nitrogens with zero attached hydrogens (tertiary/aromatic N) is 2. The van der Waals surface area contributed by atoms with Crippen molar-refractivity contribution in [1.82, 2.24) is 9.88 Å². The standard InChI is InChI=1S/C28H27F3N4O/c1-35-14-11-20(12-15-35)16-22-9-10-24(18-25(22)28(29,30)31)34-27(36)23-5-2-4-19(17-23)7-8-21-6-3-13-33-26(21)32/h2-6,9-10,13,17-18,20H,11-12,14-16H2,1H3,(H2,32,33)(H,34,36). The zero-order chi connectivity index (χ0) is 25.7. The predicted molar refractivity (Wildman–Crippen MR) is 134 cm³/mol. The normalized spacial score (nSPS) is 14.7. The Bertz CT molecular complexity index is 1300. The molecule has 0 spiro atoms. The Morgan fingerprint density at radius 2 is 1.89 bits per heavy atom. The van der Waals surface area contributed by atoms with Gasteiger partial charge in [0.15, 0.2) is 0 Å². The number of piperidine rings is 1. The van der Waals surface area contributed by atoms with Crippen LogP contribution in [-0.2, 0) is 12.6 Å². The van der Waals surface area contributed by atoms with E-state index in [0.717, 1.165) is 32.0 Å². The molecule has 0 saturated carbocycles. The Morgan fingerprint density at radius 1 is 1.11 bits per heavy atom. The second kappa shape index (κ2) is 10.8. The minimum Gasteiger partial charge on any atom is -0.383 e. The summed E-state index contributed by atoms with van der Waals surface area (Å²) in [4.78, 5) is 19.0. The minimum atomic E-state index is -4.51. The van der Waals surface area contributed by atoms with Gasteiger partial charge in [-0.05, 0) is 93.3 Å². The van der Waals surface area contributed by atoms with Gasteiger partial charge in [0.05, 0.1) is 11.1 Å². The highest BCUT2D eigenvalue weighted by atomic mass is 19.4. The monoisotopic (exact) mass is 492 g/mol. The average molecular weight is 493 g/mol. The lowest BCUT2D eigenvalue weighted by Gasteiger charge is -2.29. The van der Waals surface area contributed by atoms with Crippen molar-refractivity contribution >= 4 is 17.4 Å². The molecular weight excluding hydrogens is 465 g/mol. The Balaban J connectivity index is 1.50. The quantitative estimate of drug-likeness (QED) is 0.490. The molecule has 1 fully saturated rings. The number of aromatic nitrogens is 1. The van der Waals surface area contributed by atoms with E-state index >= 15 is 0 Å². The van der Waals surface area contributed by atoms with Crippen molar-refractivity contribution in [3.8, 4) is 11.8 Å². The number of benzene rings is 2. The number of alkyl halides is 3. The van der Waals surface area contributed by atoms with Crippen LogP contribution in [0.15, 0.2) is 60.8 Å². The Kier molecular flexibility index (Phi) is 7.61. The average Bonchev–Trinajstić information content (AvgIpc) is 2.85. The number of amides is 1. The van der Waals surface area contributed by atoms with Crippen molar-refractivity contribution in [1.29, 1.82) is 0 Å². The summed E-state index contributed by atoms with van der Waals surface area (Å²) in [6, 6.07) is 14.1. The topological polar surface area (TPSA) is 71.2 Å². The summed E-state index contributed by atoms with van der Waals surface area (Å²) in [5, 5.41) is 2.59. The zero-order valence-electron chi connectivity index (χ0n) is 19.9. The molecule has 2 aromatic carbocycles. The summed E-state index contributed by atoms with van der Waals surface area (Å²) in [5.74, 6) is 5.85.